The normalized spacial score (nSPS) is 10.6. The van der Waals surface area contributed by atoms with Crippen molar-refractivity contribution >= 4 is 0 Å². The van der Waals surface area contributed by atoms with Gasteiger partial charge in [0.15, 0.2) is 0 Å². The van der Waals surface area contributed by atoms with Crippen LogP contribution in [0.3, 0.4) is 0 Å². The number of H-pyrrole nitrogens is 1. The molecule has 0 aliphatic heterocycles. The summed E-state index contributed by atoms with van der Waals surface area (Å²) in [6.45, 7) is 0.532. The van der Waals surface area contributed by atoms with Crippen molar-refractivity contribution in [1.82, 2.24) is 15.0 Å². The van der Waals surface area contributed by atoms with Gasteiger partial charge >= 0.3 is 0 Å². The van der Waals surface area contributed by atoms with Crippen molar-refractivity contribution in [3.63, 3.8) is 0 Å². The summed E-state index contributed by atoms with van der Waals surface area (Å²) in [4.78, 5) is 11.8. The fourth-order valence-electron chi connectivity index (χ4n) is 1.98. The van der Waals surface area contributed by atoms with Crippen LogP contribution < -0.4 is 5.73 Å². The quantitative estimate of drug-likeness (QED) is 0.750. The number of rotatable bonds is 3. The van der Waals surface area contributed by atoms with Crippen molar-refractivity contribution in [3.8, 4) is 22.6 Å². The van der Waals surface area contributed by atoms with Gasteiger partial charge in [0, 0.05) is 30.1 Å². The van der Waals surface area contributed by atoms with E-state index in [2.05, 4.69) is 15.0 Å². The van der Waals surface area contributed by atoms with E-state index >= 15 is 0 Å². The first-order chi connectivity index (χ1) is 9.36. The van der Waals surface area contributed by atoms with Crippen molar-refractivity contribution in [2.24, 2.45) is 5.73 Å². The molecule has 3 aromatic rings. The lowest BCUT2D eigenvalue weighted by Crippen LogP contribution is -1.96. The molecule has 0 radical (unpaired) electrons. The number of nitrogens with zero attached hydrogens (tertiary/aromatic N) is 2. The van der Waals surface area contributed by atoms with Gasteiger partial charge in [0.1, 0.15) is 5.82 Å². The number of pyridine rings is 1. The van der Waals surface area contributed by atoms with E-state index in [1.54, 1.807) is 6.20 Å². The zero-order valence-electron chi connectivity index (χ0n) is 10.4. The first-order valence-corrected chi connectivity index (χ1v) is 6.11. The van der Waals surface area contributed by atoms with Crippen molar-refractivity contribution in [2.45, 2.75) is 6.54 Å². The average Bonchev–Trinajstić information content (AvgIpc) is 2.98. The number of benzene rings is 1. The van der Waals surface area contributed by atoms with Crippen LogP contribution in [0.25, 0.3) is 22.6 Å². The Morgan fingerprint density at radius 1 is 1.05 bits per heavy atom. The van der Waals surface area contributed by atoms with Gasteiger partial charge in [-0.3, -0.25) is 4.98 Å². The van der Waals surface area contributed by atoms with E-state index in [0.29, 0.717) is 6.54 Å². The summed E-state index contributed by atoms with van der Waals surface area (Å²) < 4.78 is 0. The van der Waals surface area contributed by atoms with Crippen LogP contribution in [0, 0.1) is 0 Å². The number of hydrogen-bond acceptors (Lipinski definition) is 3. The van der Waals surface area contributed by atoms with Crippen molar-refractivity contribution < 1.29 is 0 Å². The molecule has 0 aliphatic carbocycles. The van der Waals surface area contributed by atoms with Crippen molar-refractivity contribution in [3.05, 3.63) is 60.6 Å². The molecule has 2 heterocycles. The largest absolute Gasteiger partial charge is 0.338 e. The molecule has 1 aromatic carbocycles. The lowest BCUT2D eigenvalue weighted by Gasteiger charge is -2.00. The minimum absolute atomic E-state index is 0.532. The SMILES string of the molecule is NCc1cccc(-c2ncc(-c3cccnc3)[nH]2)c1. The van der Waals surface area contributed by atoms with Crippen LogP contribution in [0.15, 0.2) is 55.0 Å². The molecular formula is C15H14N4. The third-order valence-corrected chi connectivity index (χ3v) is 2.98. The lowest BCUT2D eigenvalue weighted by atomic mass is 10.1. The predicted octanol–water partition coefficient (Wildman–Crippen LogP) is 2.60. The van der Waals surface area contributed by atoms with E-state index in [-0.39, 0.29) is 0 Å². The maximum Gasteiger partial charge on any atom is 0.137 e. The van der Waals surface area contributed by atoms with Crippen molar-refractivity contribution in [1.29, 1.82) is 0 Å². The highest BCUT2D eigenvalue weighted by Crippen LogP contribution is 2.21. The van der Waals surface area contributed by atoms with Gasteiger partial charge in [-0.05, 0) is 23.8 Å². The van der Waals surface area contributed by atoms with Gasteiger partial charge in [-0.2, -0.15) is 0 Å². The molecule has 4 nitrogen and oxygen atoms in total. The van der Waals surface area contributed by atoms with E-state index in [4.69, 9.17) is 5.73 Å². The van der Waals surface area contributed by atoms with Crippen LogP contribution in [0.1, 0.15) is 5.56 Å². The highest BCUT2D eigenvalue weighted by atomic mass is 14.9. The molecule has 0 amide bonds. The minimum Gasteiger partial charge on any atom is -0.338 e. The maximum atomic E-state index is 5.65. The fourth-order valence-corrected chi connectivity index (χ4v) is 1.98. The van der Waals surface area contributed by atoms with E-state index < -0.39 is 0 Å². The molecule has 4 heteroatoms. The summed E-state index contributed by atoms with van der Waals surface area (Å²) in [5.41, 5.74) is 9.77. The molecule has 94 valence electrons. The molecule has 0 unspecified atom stereocenters. The minimum atomic E-state index is 0.532. The number of nitrogens with two attached hydrogens (primary N) is 1. The number of nitrogens with one attached hydrogen (secondary N) is 1. The Kier molecular flexibility index (Phi) is 3.08. The van der Waals surface area contributed by atoms with Crippen molar-refractivity contribution in [2.75, 3.05) is 0 Å². The Balaban J connectivity index is 1.97. The second-order valence-corrected chi connectivity index (χ2v) is 4.29. The van der Waals surface area contributed by atoms with Gasteiger partial charge in [0.25, 0.3) is 0 Å². The summed E-state index contributed by atoms with van der Waals surface area (Å²) in [7, 11) is 0. The van der Waals surface area contributed by atoms with Gasteiger partial charge < -0.3 is 10.7 Å². The molecule has 0 saturated carbocycles. The van der Waals surface area contributed by atoms with Gasteiger partial charge in [0.2, 0.25) is 0 Å². The van der Waals surface area contributed by atoms with Crippen LogP contribution in [-0.2, 0) is 6.54 Å². The summed E-state index contributed by atoms with van der Waals surface area (Å²) in [5.74, 6) is 0.842. The maximum absolute atomic E-state index is 5.65. The number of imidazole rings is 1. The first-order valence-electron chi connectivity index (χ1n) is 6.11. The molecule has 0 fully saturated rings. The van der Waals surface area contributed by atoms with Crippen LogP contribution in [0.4, 0.5) is 0 Å². The van der Waals surface area contributed by atoms with Crippen LogP contribution in [0.5, 0.6) is 0 Å². The fraction of sp³-hybridized carbons (Fsp3) is 0.0667. The molecule has 3 rings (SSSR count). The van der Waals surface area contributed by atoms with Gasteiger partial charge in [-0.15, -0.1) is 0 Å². The van der Waals surface area contributed by atoms with Gasteiger partial charge in [-0.1, -0.05) is 18.2 Å². The molecule has 0 atom stereocenters. The third-order valence-electron chi connectivity index (χ3n) is 2.98. The van der Waals surface area contributed by atoms with E-state index in [9.17, 15) is 0 Å². The molecule has 0 saturated heterocycles. The smallest absolute Gasteiger partial charge is 0.137 e. The monoisotopic (exact) mass is 250 g/mol. The Labute approximate surface area is 111 Å². The third kappa shape index (κ3) is 2.39. The summed E-state index contributed by atoms with van der Waals surface area (Å²) in [6, 6.07) is 12.0. The Morgan fingerprint density at radius 2 is 1.95 bits per heavy atom. The lowest BCUT2D eigenvalue weighted by molar-refractivity contribution is 1.07. The molecular weight excluding hydrogens is 236 g/mol. The van der Waals surface area contributed by atoms with Crippen LogP contribution in [0.2, 0.25) is 0 Å². The van der Waals surface area contributed by atoms with E-state index in [0.717, 1.165) is 28.2 Å². The predicted molar refractivity (Wildman–Crippen MR) is 75.1 cm³/mol. The highest BCUT2D eigenvalue weighted by Gasteiger charge is 2.05. The zero-order chi connectivity index (χ0) is 13.1. The van der Waals surface area contributed by atoms with Gasteiger partial charge in [0.05, 0.1) is 11.9 Å². The van der Waals surface area contributed by atoms with Gasteiger partial charge in [-0.25, -0.2) is 4.98 Å². The average molecular weight is 250 g/mol. The number of hydrogen-bond donors (Lipinski definition) is 2. The first kappa shape index (κ1) is 11.6. The summed E-state index contributed by atoms with van der Waals surface area (Å²) in [6.07, 6.45) is 5.39. The number of aromatic nitrogens is 3. The Bertz CT molecular complexity index is 673. The van der Waals surface area contributed by atoms with Crippen LogP contribution in [-0.4, -0.2) is 15.0 Å². The Morgan fingerprint density at radius 3 is 2.74 bits per heavy atom. The van der Waals surface area contributed by atoms with E-state index in [1.165, 1.54) is 0 Å². The summed E-state index contributed by atoms with van der Waals surface area (Å²) in [5, 5.41) is 0. The van der Waals surface area contributed by atoms with E-state index in [1.807, 2.05) is 48.8 Å². The van der Waals surface area contributed by atoms with Crippen LogP contribution >= 0.6 is 0 Å². The molecule has 2 aromatic heterocycles. The topological polar surface area (TPSA) is 67.6 Å². The molecule has 0 bridgehead atoms. The second kappa shape index (κ2) is 5.04. The molecule has 3 N–H and O–H groups in total. The molecule has 0 spiro atoms. The second-order valence-electron chi connectivity index (χ2n) is 4.29. The Hall–Kier alpha value is -2.46. The number of aromatic amines is 1. The molecule has 0 aliphatic rings. The highest BCUT2D eigenvalue weighted by molar-refractivity contribution is 5.64. The summed E-state index contributed by atoms with van der Waals surface area (Å²) >= 11 is 0. The molecule has 19 heavy (non-hydrogen) atoms. The standard InChI is InChI=1S/C15H14N4/c16-8-11-3-1-4-12(7-11)15-18-10-14(19-15)13-5-2-6-17-9-13/h1-7,9-10H,8,16H2,(H,18,19). The zero-order valence-corrected chi connectivity index (χ0v) is 10.4.